The number of anilines is 1. The number of thiol groups is 1. The van der Waals surface area contributed by atoms with Crippen LogP contribution >= 0.6 is 24.0 Å². The molecule has 0 radical (unpaired) electrons. The Bertz CT molecular complexity index is 1070. The maximum Gasteiger partial charge on any atom is 0.420 e. The summed E-state index contributed by atoms with van der Waals surface area (Å²) in [4.78, 5) is 18.4. The molecule has 5 nitrogen and oxygen atoms in total. The van der Waals surface area contributed by atoms with E-state index in [1.165, 1.54) is 16.2 Å². The first kappa shape index (κ1) is 24.1. The Kier molecular flexibility index (Phi) is 7.13. The predicted molar refractivity (Wildman–Crippen MR) is 114 cm³/mol. The highest BCUT2D eigenvalue weighted by Crippen LogP contribution is 2.34. The molecular formula is C20H17F5N2O3S2. The molecule has 1 unspecified atom stereocenters. The number of nitrogens with zero attached hydrogens (tertiary/aromatic N) is 2. The molecule has 3 rings (SSSR count). The van der Waals surface area contributed by atoms with Crippen molar-refractivity contribution in [3.8, 4) is 11.5 Å². The van der Waals surface area contributed by atoms with E-state index in [2.05, 4.69) is 22.3 Å². The maximum atomic E-state index is 13.4. The van der Waals surface area contributed by atoms with Gasteiger partial charge in [-0.15, -0.1) is 11.3 Å². The molecule has 0 aliphatic rings. The molecule has 0 N–H and O–H groups in total. The lowest BCUT2D eigenvalue weighted by Crippen LogP contribution is -2.41. The number of halogens is 5. The normalized spacial score (nSPS) is 13.1. The Morgan fingerprint density at radius 2 is 1.78 bits per heavy atom. The number of carbonyl (C=O) groups is 1. The summed E-state index contributed by atoms with van der Waals surface area (Å²) >= 11 is 5.65. The molecule has 0 aliphatic carbocycles. The Morgan fingerprint density at radius 3 is 2.41 bits per heavy atom. The molecule has 0 saturated heterocycles. The van der Waals surface area contributed by atoms with Crippen molar-refractivity contribution in [2.24, 2.45) is 0 Å². The maximum absolute atomic E-state index is 13.4. The molecule has 1 aromatic heterocycles. The third-order valence-electron chi connectivity index (χ3n) is 4.20. The third-order valence-corrected chi connectivity index (χ3v) is 5.52. The summed E-state index contributed by atoms with van der Waals surface area (Å²) in [5, 5.41) is 0. The number of aromatic nitrogens is 1. The van der Waals surface area contributed by atoms with Gasteiger partial charge in [-0.05, 0) is 49.4 Å². The number of hydrogen-bond donors (Lipinski definition) is 1. The molecule has 3 aromatic rings. The fourth-order valence-electron chi connectivity index (χ4n) is 2.78. The summed E-state index contributed by atoms with van der Waals surface area (Å²) in [6, 6.07) is 9.18. The SMILES string of the molecule is CC(CS)N(C(=O)Oc1ccc(OC(F)(F)CC(F)(F)F)cc1)c1ccc2ncsc2c1. The molecule has 1 amide bonds. The van der Waals surface area contributed by atoms with Gasteiger partial charge in [0.15, 0.2) is 0 Å². The van der Waals surface area contributed by atoms with Gasteiger partial charge in [0.05, 0.1) is 15.7 Å². The number of carbonyl (C=O) groups excluding carboxylic acids is 1. The molecule has 0 spiro atoms. The average molecular weight is 492 g/mol. The van der Waals surface area contributed by atoms with E-state index in [0.717, 1.165) is 34.5 Å². The van der Waals surface area contributed by atoms with Crippen LogP contribution in [0.25, 0.3) is 10.2 Å². The van der Waals surface area contributed by atoms with Crippen molar-refractivity contribution in [1.29, 1.82) is 0 Å². The Morgan fingerprint density at radius 1 is 1.12 bits per heavy atom. The van der Waals surface area contributed by atoms with Gasteiger partial charge in [0, 0.05) is 17.5 Å². The second kappa shape index (κ2) is 9.49. The molecule has 12 heteroatoms. The van der Waals surface area contributed by atoms with Crippen molar-refractivity contribution < 1.29 is 36.2 Å². The van der Waals surface area contributed by atoms with Crippen LogP contribution in [0.1, 0.15) is 13.3 Å². The molecule has 0 bridgehead atoms. The molecule has 1 atom stereocenters. The lowest BCUT2D eigenvalue weighted by molar-refractivity contribution is -0.255. The molecule has 0 saturated carbocycles. The van der Waals surface area contributed by atoms with Crippen LogP contribution < -0.4 is 14.4 Å². The largest absolute Gasteiger partial charge is 0.432 e. The molecule has 0 fully saturated rings. The Labute approximate surface area is 189 Å². The molecule has 1 heterocycles. The zero-order valence-corrected chi connectivity index (χ0v) is 18.2. The van der Waals surface area contributed by atoms with E-state index < -0.39 is 30.5 Å². The Balaban J connectivity index is 1.73. The van der Waals surface area contributed by atoms with Crippen molar-refractivity contribution in [3.63, 3.8) is 0 Å². The van der Waals surface area contributed by atoms with Crippen molar-refractivity contribution in [2.75, 3.05) is 10.7 Å². The molecule has 172 valence electrons. The van der Waals surface area contributed by atoms with Crippen molar-refractivity contribution in [3.05, 3.63) is 48.0 Å². The monoisotopic (exact) mass is 492 g/mol. The van der Waals surface area contributed by atoms with Crippen molar-refractivity contribution >= 4 is 46.0 Å². The first-order chi connectivity index (χ1) is 15.0. The molecule has 0 aliphatic heterocycles. The summed E-state index contributed by atoms with van der Waals surface area (Å²) in [7, 11) is 0. The molecular weight excluding hydrogens is 475 g/mol. The number of amides is 1. The van der Waals surface area contributed by atoms with Gasteiger partial charge >= 0.3 is 18.4 Å². The minimum absolute atomic E-state index is 0.00304. The average Bonchev–Trinajstić information content (AvgIpc) is 3.15. The molecule has 2 aromatic carbocycles. The summed E-state index contributed by atoms with van der Waals surface area (Å²) in [5.41, 5.74) is 3.02. The summed E-state index contributed by atoms with van der Waals surface area (Å²) in [5.74, 6) is -0.177. The number of ether oxygens (including phenoxy) is 2. The minimum atomic E-state index is -5.09. The quantitative estimate of drug-likeness (QED) is 0.300. The van der Waals surface area contributed by atoms with Gasteiger partial charge in [-0.1, -0.05) is 0 Å². The number of rotatable bonds is 7. The smallest absolute Gasteiger partial charge is 0.420 e. The highest BCUT2D eigenvalue weighted by atomic mass is 32.1. The first-order valence-electron chi connectivity index (χ1n) is 9.16. The Hall–Kier alpha value is -2.60. The second-order valence-electron chi connectivity index (χ2n) is 6.78. The van der Waals surface area contributed by atoms with Crippen LogP contribution in [-0.4, -0.2) is 35.2 Å². The van der Waals surface area contributed by atoms with Crippen LogP contribution in [-0.2, 0) is 0 Å². The van der Waals surface area contributed by atoms with Gasteiger partial charge in [0.2, 0.25) is 0 Å². The van der Waals surface area contributed by atoms with Gasteiger partial charge in [-0.2, -0.15) is 34.6 Å². The lowest BCUT2D eigenvalue weighted by atomic mass is 10.2. The van der Waals surface area contributed by atoms with E-state index in [0.29, 0.717) is 11.4 Å². The number of alkyl halides is 5. The zero-order valence-electron chi connectivity index (χ0n) is 16.5. The van der Waals surface area contributed by atoms with Crippen molar-refractivity contribution in [2.45, 2.75) is 31.7 Å². The molecule has 32 heavy (non-hydrogen) atoms. The summed E-state index contributed by atoms with van der Waals surface area (Å²) in [6.45, 7) is 1.77. The van der Waals surface area contributed by atoms with Gasteiger partial charge in [0.25, 0.3) is 0 Å². The van der Waals surface area contributed by atoms with Gasteiger partial charge in [-0.3, -0.25) is 4.90 Å². The van der Waals surface area contributed by atoms with Crippen LogP contribution in [0.15, 0.2) is 48.0 Å². The van der Waals surface area contributed by atoms with E-state index in [-0.39, 0.29) is 11.8 Å². The topological polar surface area (TPSA) is 51.7 Å². The fraction of sp³-hybridized carbons (Fsp3) is 0.300. The van der Waals surface area contributed by atoms with Crippen LogP contribution in [0.2, 0.25) is 0 Å². The van der Waals surface area contributed by atoms with E-state index in [4.69, 9.17) is 4.74 Å². The number of benzene rings is 2. The second-order valence-corrected chi connectivity index (χ2v) is 8.03. The number of hydrogen-bond acceptors (Lipinski definition) is 6. The summed E-state index contributed by atoms with van der Waals surface area (Å²) < 4.78 is 73.7. The van der Waals surface area contributed by atoms with Crippen LogP contribution in [0.4, 0.5) is 32.4 Å². The van der Waals surface area contributed by atoms with Crippen LogP contribution in [0.5, 0.6) is 11.5 Å². The highest BCUT2D eigenvalue weighted by Gasteiger charge is 2.45. The van der Waals surface area contributed by atoms with E-state index in [1.807, 2.05) is 0 Å². The van der Waals surface area contributed by atoms with E-state index in [9.17, 15) is 26.7 Å². The van der Waals surface area contributed by atoms with Gasteiger partial charge in [0.1, 0.15) is 17.9 Å². The minimum Gasteiger partial charge on any atom is -0.432 e. The van der Waals surface area contributed by atoms with Gasteiger partial charge < -0.3 is 9.47 Å². The predicted octanol–water partition coefficient (Wildman–Crippen LogP) is 6.54. The lowest BCUT2D eigenvalue weighted by Gasteiger charge is -2.27. The van der Waals surface area contributed by atoms with E-state index in [1.54, 1.807) is 30.6 Å². The van der Waals surface area contributed by atoms with Crippen molar-refractivity contribution in [1.82, 2.24) is 4.98 Å². The first-order valence-corrected chi connectivity index (χ1v) is 10.7. The highest BCUT2D eigenvalue weighted by molar-refractivity contribution is 7.80. The van der Waals surface area contributed by atoms with Gasteiger partial charge in [-0.25, -0.2) is 9.78 Å². The zero-order chi connectivity index (χ0) is 23.5. The summed E-state index contributed by atoms with van der Waals surface area (Å²) in [6.07, 6.45) is -12.7. The van der Waals surface area contributed by atoms with Crippen LogP contribution in [0, 0.1) is 0 Å². The number of thiazole rings is 1. The fourth-order valence-corrected chi connectivity index (χ4v) is 3.66. The van der Waals surface area contributed by atoms with E-state index >= 15 is 0 Å². The third kappa shape index (κ3) is 6.22. The number of fused-ring (bicyclic) bond motifs is 1. The standard InChI is InChI=1S/C20H17F5N2O3S2/c1-12(9-31)27(13-2-7-16-17(8-13)32-11-26-16)18(28)29-14-3-5-15(6-4-14)30-20(24,25)10-19(21,22)23/h2-8,11-12,31H,9-10H2,1H3. The van der Waals surface area contributed by atoms with Crippen LogP contribution in [0.3, 0.4) is 0 Å².